The molecule has 0 aliphatic rings. The fourth-order valence-corrected chi connectivity index (χ4v) is 1.64. The molecule has 0 amide bonds. The van der Waals surface area contributed by atoms with Crippen LogP contribution in [0, 0.1) is 5.41 Å². The van der Waals surface area contributed by atoms with Gasteiger partial charge in [-0.1, -0.05) is 31.9 Å². The van der Waals surface area contributed by atoms with Gasteiger partial charge in [0.2, 0.25) is 0 Å². The first-order chi connectivity index (χ1) is 5.10. The molecular formula is C7H10Br2O3. The molecule has 0 spiro atoms. The first-order valence-electron chi connectivity index (χ1n) is 3.26. The minimum absolute atomic E-state index is 0.414. The van der Waals surface area contributed by atoms with E-state index < -0.39 is 20.4 Å². The van der Waals surface area contributed by atoms with Crippen LogP contribution in [-0.4, -0.2) is 20.1 Å². The molecule has 3 nitrogen and oxygen atoms in total. The third kappa shape index (κ3) is 2.55. The standard InChI is InChI=1S/C7H10Br2O3/c1-6(2,5(11)12)4(10)7(3,8)9/h1-3H3,(H,11,12). The predicted octanol–water partition coefficient (Wildman–Crippen LogP) is 2.17. The van der Waals surface area contributed by atoms with Gasteiger partial charge in [0.1, 0.15) is 8.65 Å². The first kappa shape index (κ1) is 12.1. The van der Waals surface area contributed by atoms with E-state index in [1.807, 2.05) is 0 Å². The number of carbonyl (C=O) groups is 2. The number of hydrogen-bond acceptors (Lipinski definition) is 2. The number of Topliss-reactive ketones (excluding diaryl/α,β-unsaturated/α-hetero) is 1. The summed E-state index contributed by atoms with van der Waals surface area (Å²) in [6.45, 7) is 4.30. The zero-order chi connectivity index (χ0) is 10.2. The van der Waals surface area contributed by atoms with E-state index in [2.05, 4.69) is 31.9 Å². The average Bonchev–Trinajstić information content (AvgIpc) is 1.83. The monoisotopic (exact) mass is 300 g/mol. The Labute approximate surface area is 87.8 Å². The summed E-state index contributed by atoms with van der Waals surface area (Å²) < 4.78 is -0.970. The first-order valence-corrected chi connectivity index (χ1v) is 4.85. The summed E-state index contributed by atoms with van der Waals surface area (Å²) in [6, 6.07) is 0. The van der Waals surface area contributed by atoms with Crippen LogP contribution in [-0.2, 0) is 9.59 Å². The highest BCUT2D eigenvalue weighted by Gasteiger charge is 2.44. The topological polar surface area (TPSA) is 54.4 Å². The number of alkyl halides is 2. The van der Waals surface area contributed by atoms with Crippen molar-refractivity contribution in [2.24, 2.45) is 5.41 Å². The SMILES string of the molecule is CC(Br)(Br)C(=O)C(C)(C)C(=O)O. The van der Waals surface area contributed by atoms with Crippen molar-refractivity contribution in [3.63, 3.8) is 0 Å². The Kier molecular flexibility index (Phi) is 3.49. The van der Waals surface area contributed by atoms with Crippen molar-refractivity contribution in [3.05, 3.63) is 0 Å². The average molecular weight is 302 g/mol. The summed E-state index contributed by atoms with van der Waals surface area (Å²) >= 11 is 6.10. The van der Waals surface area contributed by atoms with Crippen molar-refractivity contribution in [1.82, 2.24) is 0 Å². The van der Waals surface area contributed by atoms with E-state index in [4.69, 9.17) is 5.11 Å². The normalized spacial score (nSPS) is 12.8. The molecule has 0 aromatic heterocycles. The molecule has 0 aromatic rings. The molecule has 5 heteroatoms. The minimum atomic E-state index is -1.37. The Morgan fingerprint density at radius 3 is 1.58 bits per heavy atom. The Hall–Kier alpha value is 0.1000. The van der Waals surface area contributed by atoms with Gasteiger partial charge in [-0.25, -0.2) is 0 Å². The molecule has 0 bridgehead atoms. The number of halogens is 2. The van der Waals surface area contributed by atoms with Gasteiger partial charge in [-0.05, 0) is 20.8 Å². The highest BCUT2D eigenvalue weighted by atomic mass is 79.9. The van der Waals surface area contributed by atoms with Gasteiger partial charge in [0, 0.05) is 0 Å². The van der Waals surface area contributed by atoms with Gasteiger partial charge in [-0.3, -0.25) is 9.59 Å². The molecule has 0 fully saturated rings. The lowest BCUT2D eigenvalue weighted by Crippen LogP contribution is -2.41. The summed E-state index contributed by atoms with van der Waals surface area (Å²) in [5, 5.41) is 8.71. The maximum Gasteiger partial charge on any atom is 0.316 e. The second kappa shape index (κ2) is 3.46. The summed E-state index contributed by atoms with van der Waals surface area (Å²) in [6.07, 6.45) is 0. The largest absolute Gasteiger partial charge is 0.481 e. The van der Waals surface area contributed by atoms with E-state index in [0.717, 1.165) is 0 Å². The Bertz CT molecular complexity index is 215. The Morgan fingerprint density at radius 1 is 1.17 bits per heavy atom. The molecule has 0 saturated heterocycles. The molecule has 0 aromatic carbocycles. The van der Waals surface area contributed by atoms with Crippen molar-refractivity contribution < 1.29 is 14.7 Å². The molecule has 12 heavy (non-hydrogen) atoms. The van der Waals surface area contributed by atoms with E-state index in [1.165, 1.54) is 13.8 Å². The molecule has 0 saturated carbocycles. The molecule has 1 N–H and O–H groups in total. The molecule has 0 atom stereocenters. The van der Waals surface area contributed by atoms with Gasteiger partial charge in [-0.15, -0.1) is 0 Å². The maximum atomic E-state index is 11.5. The van der Waals surface area contributed by atoms with Crippen LogP contribution in [0.5, 0.6) is 0 Å². The van der Waals surface area contributed by atoms with Crippen LogP contribution in [0.25, 0.3) is 0 Å². The molecule has 0 aliphatic heterocycles. The van der Waals surface area contributed by atoms with Crippen LogP contribution in [0.15, 0.2) is 0 Å². The minimum Gasteiger partial charge on any atom is -0.481 e. The van der Waals surface area contributed by atoms with Gasteiger partial charge < -0.3 is 5.11 Å². The van der Waals surface area contributed by atoms with Crippen LogP contribution in [0.3, 0.4) is 0 Å². The van der Waals surface area contributed by atoms with Crippen molar-refractivity contribution >= 4 is 43.6 Å². The molecule has 0 unspecified atom stereocenters. The molecular weight excluding hydrogens is 292 g/mol. The lowest BCUT2D eigenvalue weighted by molar-refractivity contribution is -0.152. The zero-order valence-electron chi connectivity index (χ0n) is 7.02. The number of hydrogen-bond donors (Lipinski definition) is 1. The molecule has 0 radical (unpaired) electrons. The van der Waals surface area contributed by atoms with Gasteiger partial charge in [0.05, 0.1) is 0 Å². The number of carboxylic acids is 1. The number of carboxylic acid groups (broad SMARTS) is 1. The van der Waals surface area contributed by atoms with E-state index in [0.29, 0.717) is 0 Å². The number of aliphatic carboxylic acids is 1. The van der Waals surface area contributed by atoms with Crippen molar-refractivity contribution in [3.8, 4) is 0 Å². The number of rotatable bonds is 3. The van der Waals surface area contributed by atoms with E-state index in [-0.39, 0.29) is 0 Å². The van der Waals surface area contributed by atoms with Gasteiger partial charge in [-0.2, -0.15) is 0 Å². The van der Waals surface area contributed by atoms with Crippen LogP contribution in [0.1, 0.15) is 20.8 Å². The second-order valence-electron chi connectivity index (χ2n) is 3.15. The Balaban J connectivity index is 4.83. The number of ketones is 1. The van der Waals surface area contributed by atoms with Gasteiger partial charge in [0.15, 0.2) is 5.78 Å². The van der Waals surface area contributed by atoms with Crippen LogP contribution in [0.4, 0.5) is 0 Å². The van der Waals surface area contributed by atoms with Crippen LogP contribution in [0.2, 0.25) is 0 Å². The third-order valence-electron chi connectivity index (χ3n) is 1.50. The fourth-order valence-electron chi connectivity index (χ4n) is 0.646. The molecule has 70 valence electrons. The zero-order valence-corrected chi connectivity index (χ0v) is 10.2. The van der Waals surface area contributed by atoms with Crippen LogP contribution >= 0.6 is 31.9 Å². The summed E-state index contributed by atoms with van der Waals surface area (Å²) in [5.41, 5.74) is -1.37. The molecule has 0 aliphatic carbocycles. The predicted molar refractivity (Wildman–Crippen MR) is 52.7 cm³/mol. The Morgan fingerprint density at radius 2 is 1.50 bits per heavy atom. The third-order valence-corrected chi connectivity index (χ3v) is 2.22. The second-order valence-corrected chi connectivity index (χ2v) is 7.38. The lowest BCUT2D eigenvalue weighted by atomic mass is 9.87. The van der Waals surface area contributed by atoms with Crippen molar-refractivity contribution in [2.75, 3.05) is 0 Å². The van der Waals surface area contributed by atoms with E-state index >= 15 is 0 Å². The number of carbonyl (C=O) groups excluding carboxylic acids is 1. The maximum absolute atomic E-state index is 11.5. The highest BCUT2D eigenvalue weighted by Crippen LogP contribution is 2.34. The van der Waals surface area contributed by atoms with Crippen molar-refractivity contribution in [1.29, 1.82) is 0 Å². The quantitative estimate of drug-likeness (QED) is 0.642. The van der Waals surface area contributed by atoms with E-state index in [9.17, 15) is 9.59 Å². The molecule has 0 rings (SSSR count). The summed E-state index contributed by atoms with van der Waals surface area (Å²) in [7, 11) is 0. The van der Waals surface area contributed by atoms with Gasteiger partial charge >= 0.3 is 5.97 Å². The van der Waals surface area contributed by atoms with Crippen molar-refractivity contribution in [2.45, 2.75) is 24.0 Å². The summed E-state index contributed by atoms with van der Waals surface area (Å²) in [4.78, 5) is 22.1. The smallest absolute Gasteiger partial charge is 0.316 e. The fraction of sp³-hybridized carbons (Fsp3) is 0.714. The van der Waals surface area contributed by atoms with Gasteiger partial charge in [0.25, 0.3) is 0 Å². The highest BCUT2D eigenvalue weighted by molar-refractivity contribution is 9.25. The lowest BCUT2D eigenvalue weighted by Gasteiger charge is -2.23. The summed E-state index contributed by atoms with van der Waals surface area (Å²) in [5.74, 6) is -1.54. The molecule has 0 heterocycles. The van der Waals surface area contributed by atoms with E-state index in [1.54, 1.807) is 6.92 Å². The van der Waals surface area contributed by atoms with Crippen LogP contribution < -0.4 is 0 Å².